The monoisotopic (exact) mass is 339 g/mol. The first-order valence-electron chi connectivity index (χ1n) is 7.41. The summed E-state index contributed by atoms with van der Waals surface area (Å²) in [6, 6.07) is 6.01. The summed E-state index contributed by atoms with van der Waals surface area (Å²) >= 11 is 5.81. The predicted molar refractivity (Wildman–Crippen MR) is 83.7 cm³/mol. The highest BCUT2D eigenvalue weighted by atomic mass is 35.5. The molecule has 2 rings (SSSR count). The molecule has 0 bridgehead atoms. The molecule has 0 saturated carbocycles. The molecule has 1 atom stereocenters. The number of halogens is 1. The molecule has 1 amide bonds. The standard InChI is InChI=1S/C16H18ClNO5/c17-12-5-3-4-11(8-12)14(19)10-23-15(20)9-13-6-1-2-7-18(13)16(21)22/h3-5,8,13H,1-2,6-7,9-10H2,(H,21,22). The Morgan fingerprint density at radius 3 is 2.78 bits per heavy atom. The maximum absolute atomic E-state index is 11.9. The van der Waals surface area contributed by atoms with Crippen molar-refractivity contribution in [3.63, 3.8) is 0 Å². The minimum atomic E-state index is -1.03. The molecule has 1 saturated heterocycles. The van der Waals surface area contributed by atoms with E-state index in [0.717, 1.165) is 12.8 Å². The molecule has 6 nitrogen and oxygen atoms in total. The van der Waals surface area contributed by atoms with E-state index in [1.165, 1.54) is 11.0 Å². The minimum absolute atomic E-state index is 0.0326. The van der Waals surface area contributed by atoms with E-state index in [0.29, 0.717) is 23.6 Å². The van der Waals surface area contributed by atoms with Gasteiger partial charge in [0.1, 0.15) is 0 Å². The molecule has 7 heteroatoms. The van der Waals surface area contributed by atoms with Gasteiger partial charge < -0.3 is 14.7 Å². The number of carbonyl (C=O) groups excluding carboxylic acids is 2. The number of ketones is 1. The van der Waals surface area contributed by atoms with Crippen LogP contribution in [0.4, 0.5) is 4.79 Å². The van der Waals surface area contributed by atoms with Crippen molar-refractivity contribution in [1.29, 1.82) is 0 Å². The van der Waals surface area contributed by atoms with Gasteiger partial charge in [0.05, 0.1) is 6.42 Å². The Bertz CT molecular complexity index is 604. The lowest BCUT2D eigenvalue weighted by Crippen LogP contribution is -2.44. The van der Waals surface area contributed by atoms with E-state index in [2.05, 4.69) is 0 Å². The average molecular weight is 340 g/mol. The molecule has 1 aromatic rings. The van der Waals surface area contributed by atoms with E-state index < -0.39 is 12.1 Å². The number of hydrogen-bond acceptors (Lipinski definition) is 4. The Morgan fingerprint density at radius 2 is 2.09 bits per heavy atom. The van der Waals surface area contributed by atoms with Crippen LogP contribution in [0.15, 0.2) is 24.3 Å². The van der Waals surface area contributed by atoms with E-state index in [1.807, 2.05) is 0 Å². The molecular formula is C16H18ClNO5. The number of esters is 1. The van der Waals surface area contributed by atoms with Gasteiger partial charge in [-0.1, -0.05) is 23.7 Å². The summed E-state index contributed by atoms with van der Waals surface area (Å²) in [6.07, 6.45) is 1.24. The van der Waals surface area contributed by atoms with E-state index in [-0.39, 0.29) is 24.9 Å². The fourth-order valence-corrected chi connectivity index (χ4v) is 2.80. The van der Waals surface area contributed by atoms with E-state index in [4.69, 9.17) is 21.4 Å². The van der Waals surface area contributed by atoms with Crippen molar-refractivity contribution < 1.29 is 24.2 Å². The largest absolute Gasteiger partial charge is 0.465 e. The Balaban J connectivity index is 1.84. The molecule has 0 aliphatic carbocycles. The Morgan fingerprint density at radius 1 is 1.30 bits per heavy atom. The summed E-state index contributed by atoms with van der Waals surface area (Å²) in [7, 11) is 0. The third kappa shape index (κ3) is 4.96. The zero-order valence-corrected chi connectivity index (χ0v) is 13.3. The SMILES string of the molecule is O=C(CC1CCCCN1C(=O)O)OCC(=O)c1cccc(Cl)c1. The van der Waals surface area contributed by atoms with Crippen LogP contribution >= 0.6 is 11.6 Å². The second-order valence-electron chi connectivity index (χ2n) is 5.42. The van der Waals surface area contributed by atoms with Gasteiger partial charge in [0.15, 0.2) is 12.4 Å². The van der Waals surface area contributed by atoms with Gasteiger partial charge >= 0.3 is 12.1 Å². The van der Waals surface area contributed by atoms with Crippen LogP contribution in [0.2, 0.25) is 5.02 Å². The van der Waals surface area contributed by atoms with Gasteiger partial charge in [0.2, 0.25) is 0 Å². The first kappa shape index (κ1) is 17.3. The number of nitrogens with zero attached hydrogens (tertiary/aromatic N) is 1. The molecule has 1 unspecified atom stereocenters. The molecule has 1 aliphatic rings. The van der Waals surface area contributed by atoms with Gasteiger partial charge in [-0.3, -0.25) is 9.59 Å². The van der Waals surface area contributed by atoms with Gasteiger partial charge in [-0.2, -0.15) is 0 Å². The van der Waals surface area contributed by atoms with Crippen LogP contribution < -0.4 is 0 Å². The van der Waals surface area contributed by atoms with Gasteiger partial charge in [0.25, 0.3) is 0 Å². The molecule has 1 heterocycles. The highest BCUT2D eigenvalue weighted by Gasteiger charge is 2.28. The van der Waals surface area contributed by atoms with Crippen LogP contribution in [-0.4, -0.2) is 47.0 Å². The van der Waals surface area contributed by atoms with Gasteiger partial charge in [0, 0.05) is 23.2 Å². The van der Waals surface area contributed by atoms with Crippen LogP contribution in [0.5, 0.6) is 0 Å². The van der Waals surface area contributed by atoms with E-state index in [1.54, 1.807) is 18.2 Å². The number of benzene rings is 1. The van der Waals surface area contributed by atoms with Crippen LogP contribution in [0.25, 0.3) is 0 Å². The Hall–Kier alpha value is -2.08. The lowest BCUT2D eigenvalue weighted by atomic mass is 10.00. The third-order valence-electron chi connectivity index (χ3n) is 3.79. The van der Waals surface area contributed by atoms with Crippen molar-refractivity contribution in [2.45, 2.75) is 31.7 Å². The molecule has 124 valence electrons. The van der Waals surface area contributed by atoms with Crippen molar-refractivity contribution in [3.8, 4) is 0 Å². The van der Waals surface area contributed by atoms with E-state index >= 15 is 0 Å². The molecule has 0 spiro atoms. The summed E-state index contributed by atoms with van der Waals surface area (Å²) in [5, 5.41) is 9.55. The minimum Gasteiger partial charge on any atom is -0.465 e. The highest BCUT2D eigenvalue weighted by molar-refractivity contribution is 6.31. The van der Waals surface area contributed by atoms with Crippen molar-refractivity contribution >= 4 is 29.4 Å². The number of carboxylic acid groups (broad SMARTS) is 1. The normalized spacial score (nSPS) is 17.6. The topological polar surface area (TPSA) is 83.9 Å². The van der Waals surface area contributed by atoms with Crippen molar-refractivity contribution in [1.82, 2.24) is 4.90 Å². The number of ether oxygens (including phenoxy) is 1. The smallest absolute Gasteiger partial charge is 0.407 e. The predicted octanol–water partition coefficient (Wildman–Crippen LogP) is 2.99. The molecule has 0 radical (unpaired) electrons. The molecular weight excluding hydrogens is 322 g/mol. The first-order valence-corrected chi connectivity index (χ1v) is 7.79. The number of amides is 1. The summed E-state index contributed by atoms with van der Waals surface area (Å²) in [5.74, 6) is -0.918. The zero-order chi connectivity index (χ0) is 16.8. The second kappa shape index (κ2) is 7.97. The van der Waals surface area contributed by atoms with Gasteiger partial charge in [-0.15, -0.1) is 0 Å². The van der Waals surface area contributed by atoms with Crippen LogP contribution in [0, 0.1) is 0 Å². The zero-order valence-electron chi connectivity index (χ0n) is 12.5. The summed E-state index contributed by atoms with van der Waals surface area (Å²) in [6.45, 7) is 0.0493. The molecule has 1 aliphatic heterocycles. The lowest BCUT2D eigenvalue weighted by Gasteiger charge is -2.32. The highest BCUT2D eigenvalue weighted by Crippen LogP contribution is 2.20. The number of likely N-dealkylation sites (tertiary alicyclic amines) is 1. The number of Topliss-reactive ketones (excluding diaryl/α,β-unsaturated/α-hetero) is 1. The van der Waals surface area contributed by atoms with Crippen molar-refractivity contribution in [2.75, 3.05) is 13.2 Å². The van der Waals surface area contributed by atoms with Crippen LogP contribution in [0.3, 0.4) is 0 Å². The average Bonchev–Trinajstić information content (AvgIpc) is 2.53. The van der Waals surface area contributed by atoms with Gasteiger partial charge in [-0.05, 0) is 31.4 Å². The third-order valence-corrected chi connectivity index (χ3v) is 4.02. The fourth-order valence-electron chi connectivity index (χ4n) is 2.61. The maximum Gasteiger partial charge on any atom is 0.407 e. The fraction of sp³-hybridized carbons (Fsp3) is 0.438. The quantitative estimate of drug-likeness (QED) is 0.658. The van der Waals surface area contributed by atoms with E-state index in [9.17, 15) is 14.4 Å². The first-order chi connectivity index (χ1) is 11.0. The number of piperidine rings is 1. The number of hydrogen-bond donors (Lipinski definition) is 1. The molecule has 23 heavy (non-hydrogen) atoms. The Labute approximate surface area is 139 Å². The Kier molecular flexibility index (Phi) is 5.98. The molecule has 0 aromatic heterocycles. The molecule has 1 fully saturated rings. The molecule has 1 aromatic carbocycles. The summed E-state index contributed by atoms with van der Waals surface area (Å²) in [5.41, 5.74) is 0.370. The van der Waals surface area contributed by atoms with Crippen LogP contribution in [0.1, 0.15) is 36.0 Å². The van der Waals surface area contributed by atoms with Crippen molar-refractivity contribution in [2.24, 2.45) is 0 Å². The number of carbonyl (C=O) groups is 3. The molecule has 1 N–H and O–H groups in total. The number of rotatable bonds is 5. The maximum atomic E-state index is 11.9. The summed E-state index contributed by atoms with van der Waals surface area (Å²) < 4.78 is 4.98. The lowest BCUT2D eigenvalue weighted by molar-refractivity contribution is -0.144. The van der Waals surface area contributed by atoms with Crippen LogP contribution in [-0.2, 0) is 9.53 Å². The second-order valence-corrected chi connectivity index (χ2v) is 5.86. The van der Waals surface area contributed by atoms with Crippen molar-refractivity contribution in [3.05, 3.63) is 34.9 Å². The summed E-state index contributed by atoms with van der Waals surface area (Å²) in [4.78, 5) is 36.2. The van der Waals surface area contributed by atoms with Gasteiger partial charge in [-0.25, -0.2) is 4.79 Å².